The molecule has 0 unspecified atom stereocenters. The fourth-order valence-electron chi connectivity index (χ4n) is 3.58. The van der Waals surface area contributed by atoms with Gasteiger partial charge in [0.25, 0.3) is 11.5 Å². The number of nitrogens with zero attached hydrogens (tertiary/aromatic N) is 3. The van der Waals surface area contributed by atoms with Gasteiger partial charge in [0, 0.05) is 13.1 Å². The van der Waals surface area contributed by atoms with E-state index in [0.717, 1.165) is 12.0 Å². The lowest BCUT2D eigenvalue weighted by molar-refractivity contribution is 0.0739. The number of amides is 1. The summed E-state index contributed by atoms with van der Waals surface area (Å²) in [7, 11) is 3.85. The molecule has 2 aromatic heterocycles. The van der Waals surface area contributed by atoms with Crippen LogP contribution in [-0.2, 0) is 19.5 Å². The first-order chi connectivity index (χ1) is 12.9. The number of carbonyl (C=O) groups excluding carboxylic acids is 1. The quantitative estimate of drug-likeness (QED) is 0.756. The van der Waals surface area contributed by atoms with Gasteiger partial charge in [-0.1, -0.05) is 24.3 Å². The number of aromatic amines is 1. The van der Waals surface area contributed by atoms with Crippen LogP contribution in [0.15, 0.2) is 29.1 Å². The van der Waals surface area contributed by atoms with Crippen LogP contribution in [0.5, 0.6) is 0 Å². The largest absolute Gasteiger partial charge is 0.333 e. The minimum Gasteiger partial charge on any atom is -0.333 e. The molecule has 4 rings (SSSR count). The van der Waals surface area contributed by atoms with E-state index < -0.39 is 0 Å². The summed E-state index contributed by atoms with van der Waals surface area (Å²) in [6.45, 7) is 3.69. The molecular weight excluding hydrogens is 360 g/mol. The summed E-state index contributed by atoms with van der Waals surface area (Å²) >= 11 is 1.32. The molecular formula is C20H22N4O2S. The number of benzene rings is 1. The minimum atomic E-state index is -0.173. The average molecular weight is 382 g/mol. The second-order valence-electron chi connectivity index (χ2n) is 7.23. The molecule has 140 valence electrons. The highest BCUT2D eigenvalue weighted by Crippen LogP contribution is 2.30. The highest BCUT2D eigenvalue weighted by Gasteiger charge is 2.26. The lowest BCUT2D eigenvalue weighted by Gasteiger charge is -2.28. The predicted molar refractivity (Wildman–Crippen MR) is 107 cm³/mol. The fourth-order valence-corrected chi connectivity index (χ4v) is 4.75. The first-order valence-corrected chi connectivity index (χ1v) is 9.78. The molecule has 1 N–H and O–H groups in total. The number of hydrogen-bond acceptors (Lipinski definition) is 5. The first-order valence-electron chi connectivity index (χ1n) is 8.97. The molecule has 7 heteroatoms. The molecule has 27 heavy (non-hydrogen) atoms. The zero-order valence-corrected chi connectivity index (χ0v) is 16.5. The van der Waals surface area contributed by atoms with Crippen LogP contribution in [0.25, 0.3) is 10.2 Å². The predicted octanol–water partition coefficient (Wildman–Crippen LogP) is 2.55. The normalized spacial score (nSPS) is 14.0. The maximum absolute atomic E-state index is 13.2. The van der Waals surface area contributed by atoms with E-state index in [4.69, 9.17) is 0 Å². The Morgan fingerprint density at radius 3 is 2.78 bits per heavy atom. The average Bonchev–Trinajstić information content (AvgIpc) is 2.97. The summed E-state index contributed by atoms with van der Waals surface area (Å²) in [6.07, 6.45) is 0.859. The minimum absolute atomic E-state index is 0.0152. The fraction of sp³-hybridized carbons (Fsp3) is 0.350. The Hall–Kier alpha value is -2.51. The molecule has 0 atom stereocenters. The molecule has 0 aliphatic carbocycles. The van der Waals surface area contributed by atoms with Crippen molar-refractivity contribution in [1.82, 2.24) is 19.8 Å². The molecule has 0 radical (unpaired) electrons. The molecule has 6 nitrogen and oxygen atoms in total. The Labute approximate surface area is 161 Å². The molecule has 1 aliphatic rings. The molecule has 0 spiro atoms. The van der Waals surface area contributed by atoms with Gasteiger partial charge in [0.15, 0.2) is 0 Å². The standard InChI is InChI=1S/C20H22N4O2S/c1-12-16-18(25)21-15(11-23(2)3)22-19(16)27-17(12)20(26)24-9-8-13-6-4-5-7-14(13)10-24/h4-7H,8-11H2,1-3H3,(H,21,22,25). The van der Waals surface area contributed by atoms with Crippen molar-refractivity contribution in [3.63, 3.8) is 0 Å². The van der Waals surface area contributed by atoms with Gasteiger partial charge < -0.3 is 14.8 Å². The summed E-state index contributed by atoms with van der Waals surface area (Å²) in [6, 6.07) is 8.24. The van der Waals surface area contributed by atoms with Crippen LogP contribution in [0.3, 0.4) is 0 Å². The third-order valence-electron chi connectivity index (χ3n) is 4.93. The van der Waals surface area contributed by atoms with Crippen LogP contribution in [0.4, 0.5) is 0 Å². The van der Waals surface area contributed by atoms with E-state index in [0.29, 0.717) is 40.6 Å². The van der Waals surface area contributed by atoms with E-state index in [1.807, 2.05) is 43.0 Å². The highest BCUT2D eigenvalue weighted by atomic mass is 32.1. The number of H-pyrrole nitrogens is 1. The van der Waals surface area contributed by atoms with E-state index in [1.165, 1.54) is 22.5 Å². The Kier molecular flexibility index (Phi) is 4.57. The van der Waals surface area contributed by atoms with E-state index in [9.17, 15) is 9.59 Å². The van der Waals surface area contributed by atoms with E-state index in [-0.39, 0.29) is 11.5 Å². The van der Waals surface area contributed by atoms with Crippen LogP contribution in [0, 0.1) is 6.92 Å². The van der Waals surface area contributed by atoms with Crippen molar-refractivity contribution in [2.45, 2.75) is 26.4 Å². The number of hydrogen-bond donors (Lipinski definition) is 1. The van der Waals surface area contributed by atoms with E-state index in [1.54, 1.807) is 0 Å². The molecule has 1 aromatic carbocycles. The van der Waals surface area contributed by atoms with Crippen LogP contribution in [0.1, 0.15) is 32.2 Å². The van der Waals surface area contributed by atoms with Gasteiger partial charge in [-0.05, 0) is 44.1 Å². The van der Waals surface area contributed by atoms with E-state index in [2.05, 4.69) is 22.1 Å². The van der Waals surface area contributed by atoms with Crippen molar-refractivity contribution < 1.29 is 4.79 Å². The molecule has 3 aromatic rings. The van der Waals surface area contributed by atoms with Gasteiger partial charge in [0.1, 0.15) is 10.7 Å². The summed E-state index contributed by atoms with van der Waals surface area (Å²) in [4.78, 5) is 38.2. The Bertz CT molecular complexity index is 1080. The summed E-state index contributed by atoms with van der Waals surface area (Å²) in [5.41, 5.74) is 3.05. The van der Waals surface area contributed by atoms with Gasteiger partial charge >= 0.3 is 0 Å². The zero-order chi connectivity index (χ0) is 19.1. The second kappa shape index (κ2) is 6.90. The topological polar surface area (TPSA) is 69.3 Å². The van der Waals surface area contributed by atoms with Gasteiger partial charge in [-0.3, -0.25) is 9.59 Å². The van der Waals surface area contributed by atoms with Gasteiger partial charge in [0.05, 0.1) is 16.8 Å². The SMILES string of the molecule is Cc1c(C(=O)N2CCc3ccccc3C2)sc2nc(CN(C)C)[nH]c(=O)c12. The molecule has 1 aliphatic heterocycles. The Morgan fingerprint density at radius 1 is 1.30 bits per heavy atom. The maximum atomic E-state index is 13.2. The highest BCUT2D eigenvalue weighted by molar-refractivity contribution is 7.20. The van der Waals surface area contributed by atoms with Gasteiger partial charge in [0.2, 0.25) is 0 Å². The Balaban J connectivity index is 1.69. The van der Waals surface area contributed by atoms with Crippen molar-refractivity contribution in [3.8, 4) is 0 Å². The van der Waals surface area contributed by atoms with Crippen molar-refractivity contribution in [2.24, 2.45) is 0 Å². The van der Waals surface area contributed by atoms with Crippen molar-refractivity contribution in [3.05, 3.63) is 62.0 Å². The molecule has 0 saturated carbocycles. The number of thiophene rings is 1. The van der Waals surface area contributed by atoms with Crippen LogP contribution in [0.2, 0.25) is 0 Å². The number of nitrogens with one attached hydrogen (secondary N) is 1. The number of aromatic nitrogens is 2. The lowest BCUT2D eigenvalue weighted by atomic mass is 9.99. The third kappa shape index (κ3) is 3.28. The van der Waals surface area contributed by atoms with Crippen molar-refractivity contribution >= 4 is 27.5 Å². The summed E-state index contributed by atoms with van der Waals surface area (Å²) < 4.78 is 0. The van der Waals surface area contributed by atoms with E-state index >= 15 is 0 Å². The Morgan fingerprint density at radius 2 is 2.04 bits per heavy atom. The van der Waals surface area contributed by atoms with Crippen molar-refractivity contribution in [1.29, 1.82) is 0 Å². The number of fused-ring (bicyclic) bond motifs is 2. The molecule has 1 amide bonds. The number of rotatable bonds is 3. The monoisotopic (exact) mass is 382 g/mol. The molecule has 0 saturated heterocycles. The van der Waals surface area contributed by atoms with Gasteiger partial charge in [-0.2, -0.15) is 0 Å². The van der Waals surface area contributed by atoms with Crippen LogP contribution in [-0.4, -0.2) is 46.3 Å². The van der Waals surface area contributed by atoms with Gasteiger partial charge in [-0.15, -0.1) is 11.3 Å². The van der Waals surface area contributed by atoms with Crippen molar-refractivity contribution in [2.75, 3.05) is 20.6 Å². The first kappa shape index (κ1) is 17.9. The van der Waals surface area contributed by atoms with Crippen LogP contribution >= 0.6 is 11.3 Å². The lowest BCUT2D eigenvalue weighted by Crippen LogP contribution is -2.35. The molecule has 0 fully saturated rings. The molecule has 0 bridgehead atoms. The van der Waals surface area contributed by atoms with Gasteiger partial charge in [-0.25, -0.2) is 4.98 Å². The third-order valence-corrected chi connectivity index (χ3v) is 6.10. The summed E-state index contributed by atoms with van der Waals surface area (Å²) in [5.74, 6) is 0.600. The van der Waals surface area contributed by atoms with Crippen LogP contribution < -0.4 is 5.56 Å². The second-order valence-corrected chi connectivity index (χ2v) is 8.23. The smallest absolute Gasteiger partial charge is 0.264 e. The maximum Gasteiger partial charge on any atom is 0.264 e. The zero-order valence-electron chi connectivity index (χ0n) is 15.7. The molecule has 3 heterocycles. The summed E-state index contributed by atoms with van der Waals surface area (Å²) in [5, 5.41) is 0.531. The number of aryl methyl sites for hydroxylation is 1. The number of carbonyl (C=O) groups is 1.